The third kappa shape index (κ3) is 6.22. The van der Waals surface area contributed by atoms with Crippen LogP contribution in [0.3, 0.4) is 0 Å². The zero-order chi connectivity index (χ0) is 16.0. The molecule has 1 aromatic rings. The molecule has 0 bridgehead atoms. The number of anilines is 1. The second-order valence-electron chi connectivity index (χ2n) is 5.17. The fraction of sp³-hybridized carbons (Fsp3) is 0.571. The molecule has 0 aliphatic rings. The Kier molecular flexibility index (Phi) is 6.29. The van der Waals surface area contributed by atoms with Gasteiger partial charge in [0.15, 0.2) is 0 Å². The van der Waals surface area contributed by atoms with Crippen LogP contribution in [-0.2, 0) is 6.18 Å². The van der Waals surface area contributed by atoms with E-state index in [9.17, 15) is 18.3 Å². The Labute approximate surface area is 121 Å². The van der Waals surface area contributed by atoms with Crippen LogP contribution in [0.5, 0.6) is 5.75 Å². The first-order chi connectivity index (χ1) is 9.72. The number of halogens is 3. The SMILES string of the molecule is CC(C)COc1cc(NCC(O)CO)cc(C(F)(F)F)c1. The summed E-state index contributed by atoms with van der Waals surface area (Å²) in [5.41, 5.74) is -0.652. The maximum atomic E-state index is 12.8. The lowest BCUT2D eigenvalue weighted by Crippen LogP contribution is -2.23. The summed E-state index contributed by atoms with van der Waals surface area (Å²) in [6.07, 6.45) is -5.52. The van der Waals surface area contributed by atoms with Crippen molar-refractivity contribution in [2.75, 3.05) is 25.1 Å². The number of aliphatic hydroxyl groups excluding tert-OH is 2. The van der Waals surface area contributed by atoms with E-state index in [-0.39, 0.29) is 23.9 Å². The van der Waals surface area contributed by atoms with Crippen molar-refractivity contribution in [3.63, 3.8) is 0 Å². The van der Waals surface area contributed by atoms with Gasteiger partial charge in [-0.2, -0.15) is 13.2 Å². The molecule has 0 aliphatic heterocycles. The van der Waals surface area contributed by atoms with Gasteiger partial charge in [-0.1, -0.05) is 13.8 Å². The van der Waals surface area contributed by atoms with Crippen molar-refractivity contribution in [2.45, 2.75) is 26.1 Å². The number of rotatable bonds is 7. The van der Waals surface area contributed by atoms with E-state index in [4.69, 9.17) is 9.84 Å². The first-order valence-electron chi connectivity index (χ1n) is 6.60. The molecular formula is C14H20F3NO3. The zero-order valence-corrected chi connectivity index (χ0v) is 11.9. The van der Waals surface area contributed by atoms with Crippen molar-refractivity contribution in [2.24, 2.45) is 5.92 Å². The van der Waals surface area contributed by atoms with E-state index in [1.54, 1.807) is 0 Å². The summed E-state index contributed by atoms with van der Waals surface area (Å²) in [5.74, 6) is 0.298. The van der Waals surface area contributed by atoms with Gasteiger partial charge in [-0.15, -0.1) is 0 Å². The summed E-state index contributed by atoms with van der Waals surface area (Å²) in [6.45, 7) is 3.57. The van der Waals surface area contributed by atoms with Gasteiger partial charge >= 0.3 is 6.18 Å². The van der Waals surface area contributed by atoms with Crippen LogP contribution in [0.2, 0.25) is 0 Å². The highest BCUT2D eigenvalue weighted by atomic mass is 19.4. The average Bonchev–Trinajstić information content (AvgIpc) is 2.41. The van der Waals surface area contributed by atoms with Crippen molar-refractivity contribution in [3.05, 3.63) is 23.8 Å². The molecule has 1 rings (SSSR count). The maximum Gasteiger partial charge on any atom is 0.416 e. The minimum Gasteiger partial charge on any atom is -0.493 e. The highest BCUT2D eigenvalue weighted by molar-refractivity contribution is 5.52. The highest BCUT2D eigenvalue weighted by Gasteiger charge is 2.31. The Morgan fingerprint density at radius 1 is 1.24 bits per heavy atom. The van der Waals surface area contributed by atoms with Crippen LogP contribution in [0.1, 0.15) is 19.4 Å². The van der Waals surface area contributed by atoms with Gasteiger partial charge in [0.25, 0.3) is 0 Å². The van der Waals surface area contributed by atoms with Crippen LogP contribution in [0.15, 0.2) is 18.2 Å². The topological polar surface area (TPSA) is 61.7 Å². The molecule has 120 valence electrons. The molecule has 0 radical (unpaired) electrons. The molecule has 0 spiro atoms. The molecule has 0 saturated carbocycles. The minimum absolute atomic E-state index is 0.0541. The van der Waals surface area contributed by atoms with Crippen LogP contribution in [0, 0.1) is 5.92 Å². The second-order valence-corrected chi connectivity index (χ2v) is 5.17. The first kappa shape index (κ1) is 17.6. The van der Waals surface area contributed by atoms with Crippen LogP contribution in [0.4, 0.5) is 18.9 Å². The fourth-order valence-corrected chi connectivity index (χ4v) is 1.51. The van der Waals surface area contributed by atoms with Gasteiger partial charge in [0.1, 0.15) is 5.75 Å². The summed E-state index contributed by atoms with van der Waals surface area (Å²) in [6, 6.07) is 3.31. The molecule has 0 saturated heterocycles. The normalized spacial score (nSPS) is 13.3. The molecule has 1 atom stereocenters. The maximum absolute atomic E-state index is 12.8. The largest absolute Gasteiger partial charge is 0.493 e. The van der Waals surface area contributed by atoms with Gasteiger partial charge in [-0.25, -0.2) is 0 Å². The Morgan fingerprint density at radius 3 is 2.43 bits per heavy atom. The van der Waals surface area contributed by atoms with Crippen molar-refractivity contribution in [1.82, 2.24) is 0 Å². The van der Waals surface area contributed by atoms with Gasteiger partial charge < -0.3 is 20.3 Å². The van der Waals surface area contributed by atoms with Crippen LogP contribution in [-0.4, -0.2) is 36.1 Å². The highest BCUT2D eigenvalue weighted by Crippen LogP contribution is 2.34. The summed E-state index contributed by atoms with van der Waals surface area (Å²) in [7, 11) is 0. The Hall–Kier alpha value is -1.47. The predicted octanol–water partition coefficient (Wildman–Crippen LogP) is 2.51. The van der Waals surface area contributed by atoms with Crippen molar-refractivity contribution in [3.8, 4) is 5.75 Å². The van der Waals surface area contributed by atoms with Crippen LogP contribution in [0.25, 0.3) is 0 Å². The first-order valence-corrected chi connectivity index (χ1v) is 6.60. The molecule has 1 unspecified atom stereocenters. The molecule has 0 amide bonds. The Balaban J connectivity index is 2.92. The number of alkyl halides is 3. The van der Waals surface area contributed by atoms with E-state index in [1.807, 2.05) is 13.8 Å². The molecule has 0 aliphatic carbocycles. The van der Waals surface area contributed by atoms with Gasteiger partial charge in [-0.05, 0) is 18.1 Å². The number of benzene rings is 1. The van der Waals surface area contributed by atoms with Gasteiger partial charge in [0.2, 0.25) is 0 Å². The molecule has 7 heteroatoms. The monoisotopic (exact) mass is 307 g/mol. The van der Waals surface area contributed by atoms with E-state index in [0.717, 1.165) is 12.1 Å². The third-order valence-corrected chi connectivity index (χ3v) is 2.57. The average molecular weight is 307 g/mol. The van der Waals surface area contributed by atoms with Gasteiger partial charge in [0, 0.05) is 18.3 Å². The van der Waals surface area contributed by atoms with Gasteiger partial charge in [-0.3, -0.25) is 0 Å². The van der Waals surface area contributed by atoms with E-state index in [0.29, 0.717) is 6.61 Å². The molecule has 4 nitrogen and oxygen atoms in total. The van der Waals surface area contributed by atoms with Gasteiger partial charge in [0.05, 0.1) is 24.9 Å². The van der Waals surface area contributed by atoms with Crippen molar-refractivity contribution in [1.29, 1.82) is 0 Å². The number of nitrogens with one attached hydrogen (secondary N) is 1. The number of hydrogen-bond acceptors (Lipinski definition) is 4. The smallest absolute Gasteiger partial charge is 0.416 e. The fourth-order valence-electron chi connectivity index (χ4n) is 1.51. The molecule has 0 aromatic heterocycles. The standard InChI is InChI=1S/C14H20F3NO3/c1-9(2)8-21-13-4-10(14(15,16)17)3-11(5-13)18-6-12(20)7-19/h3-5,9,12,18-20H,6-8H2,1-2H3. The minimum atomic E-state index is -4.48. The lowest BCUT2D eigenvalue weighted by molar-refractivity contribution is -0.137. The number of ether oxygens (including phenoxy) is 1. The summed E-state index contributed by atoms with van der Waals surface area (Å²) < 4.78 is 43.8. The third-order valence-electron chi connectivity index (χ3n) is 2.57. The lowest BCUT2D eigenvalue weighted by atomic mass is 10.1. The summed E-state index contributed by atoms with van der Waals surface area (Å²) >= 11 is 0. The zero-order valence-electron chi connectivity index (χ0n) is 11.9. The van der Waals surface area contributed by atoms with Crippen LogP contribution < -0.4 is 10.1 Å². The van der Waals surface area contributed by atoms with E-state index in [1.165, 1.54) is 6.07 Å². The van der Waals surface area contributed by atoms with E-state index >= 15 is 0 Å². The van der Waals surface area contributed by atoms with E-state index < -0.39 is 24.5 Å². The van der Waals surface area contributed by atoms with E-state index in [2.05, 4.69) is 5.32 Å². The number of hydrogen-bond donors (Lipinski definition) is 3. The van der Waals surface area contributed by atoms with Crippen molar-refractivity contribution >= 4 is 5.69 Å². The molecule has 1 aromatic carbocycles. The molecule has 3 N–H and O–H groups in total. The Bertz CT molecular complexity index is 450. The molecule has 0 heterocycles. The molecule has 0 fully saturated rings. The lowest BCUT2D eigenvalue weighted by Gasteiger charge is -2.16. The summed E-state index contributed by atoms with van der Waals surface area (Å²) in [4.78, 5) is 0. The molecular weight excluding hydrogens is 287 g/mol. The van der Waals surface area contributed by atoms with Crippen molar-refractivity contribution < 1.29 is 28.1 Å². The molecule has 21 heavy (non-hydrogen) atoms. The Morgan fingerprint density at radius 2 is 1.90 bits per heavy atom. The second kappa shape index (κ2) is 7.51. The number of aliphatic hydroxyl groups is 2. The van der Waals surface area contributed by atoms with Crippen LogP contribution >= 0.6 is 0 Å². The quantitative estimate of drug-likeness (QED) is 0.724. The summed E-state index contributed by atoms with van der Waals surface area (Å²) in [5, 5.41) is 20.6. The predicted molar refractivity (Wildman–Crippen MR) is 73.4 cm³/mol.